The summed E-state index contributed by atoms with van der Waals surface area (Å²) in [6.07, 6.45) is 2.96. The van der Waals surface area contributed by atoms with Gasteiger partial charge in [0.2, 0.25) is 11.8 Å². The molecule has 0 atom stereocenters. The van der Waals surface area contributed by atoms with Gasteiger partial charge in [0.05, 0.1) is 25.3 Å². The van der Waals surface area contributed by atoms with Crippen LogP contribution in [0.15, 0.2) is 42.5 Å². The van der Waals surface area contributed by atoms with Gasteiger partial charge in [-0.05, 0) is 48.9 Å². The van der Waals surface area contributed by atoms with Crippen LogP contribution in [0.2, 0.25) is 10.0 Å². The molecule has 6 nitrogen and oxygen atoms in total. The van der Waals surface area contributed by atoms with Crippen LogP contribution >= 0.6 is 23.2 Å². The molecule has 2 amide bonds. The van der Waals surface area contributed by atoms with Crippen molar-refractivity contribution < 1.29 is 19.1 Å². The van der Waals surface area contributed by atoms with Gasteiger partial charge in [0, 0.05) is 23.8 Å². The third-order valence-corrected chi connectivity index (χ3v) is 4.34. The highest BCUT2D eigenvalue weighted by molar-refractivity contribution is 6.32. The number of ether oxygens (including phenoxy) is 2. The maximum absolute atomic E-state index is 12.3. The lowest BCUT2D eigenvalue weighted by atomic mass is 10.2. The Balaban J connectivity index is 2.01. The van der Waals surface area contributed by atoms with E-state index in [9.17, 15) is 9.59 Å². The van der Waals surface area contributed by atoms with Crippen LogP contribution in [0.5, 0.6) is 11.5 Å². The molecule has 0 bridgehead atoms. The first kappa shape index (κ1) is 22.6. The minimum Gasteiger partial charge on any atom is -0.491 e. The average Bonchev–Trinajstić information content (AvgIpc) is 2.66. The quantitative estimate of drug-likeness (QED) is 0.617. The fourth-order valence-corrected chi connectivity index (χ4v) is 2.99. The molecule has 29 heavy (non-hydrogen) atoms. The highest BCUT2D eigenvalue weighted by Crippen LogP contribution is 2.36. The molecule has 0 fully saturated rings. The van der Waals surface area contributed by atoms with E-state index in [0.717, 1.165) is 0 Å². The first-order chi connectivity index (χ1) is 13.8. The minimum absolute atomic E-state index is 0.108. The summed E-state index contributed by atoms with van der Waals surface area (Å²) in [7, 11) is 3.04. The summed E-state index contributed by atoms with van der Waals surface area (Å²) in [4.78, 5) is 25.7. The van der Waals surface area contributed by atoms with Crippen LogP contribution in [0, 0.1) is 0 Å². The number of benzene rings is 2. The molecule has 0 saturated carbocycles. The monoisotopic (exact) mass is 436 g/mol. The van der Waals surface area contributed by atoms with Crippen molar-refractivity contribution in [2.45, 2.75) is 6.92 Å². The molecule has 0 aliphatic heterocycles. The lowest BCUT2D eigenvalue weighted by molar-refractivity contribution is -0.129. The van der Waals surface area contributed by atoms with Gasteiger partial charge in [0.25, 0.3) is 0 Å². The van der Waals surface area contributed by atoms with Gasteiger partial charge in [-0.2, -0.15) is 0 Å². The van der Waals surface area contributed by atoms with Crippen LogP contribution in [0.25, 0.3) is 6.08 Å². The molecular formula is C21H22Cl2N2O4. The number of anilines is 1. The summed E-state index contributed by atoms with van der Waals surface area (Å²) in [6.45, 7) is 2.19. The van der Waals surface area contributed by atoms with E-state index in [2.05, 4.69) is 5.32 Å². The van der Waals surface area contributed by atoms with Crippen molar-refractivity contribution in [1.29, 1.82) is 0 Å². The topological polar surface area (TPSA) is 67.9 Å². The normalized spacial score (nSPS) is 10.7. The van der Waals surface area contributed by atoms with E-state index in [1.165, 1.54) is 25.1 Å². The van der Waals surface area contributed by atoms with Gasteiger partial charge < -0.3 is 19.7 Å². The molecular weight excluding hydrogens is 415 g/mol. The number of amides is 2. The summed E-state index contributed by atoms with van der Waals surface area (Å²) >= 11 is 12.1. The van der Waals surface area contributed by atoms with Crippen molar-refractivity contribution >= 4 is 46.8 Å². The maximum Gasteiger partial charge on any atom is 0.246 e. The molecule has 0 radical (unpaired) electrons. The summed E-state index contributed by atoms with van der Waals surface area (Å²) in [5, 5.41) is 3.58. The predicted octanol–water partition coefficient (Wildman–Crippen LogP) is 4.51. The van der Waals surface area contributed by atoms with Crippen molar-refractivity contribution in [3.05, 3.63) is 58.1 Å². The summed E-state index contributed by atoms with van der Waals surface area (Å²) in [6, 6.07) is 10.2. The van der Waals surface area contributed by atoms with Crippen LogP contribution in [0.3, 0.4) is 0 Å². The van der Waals surface area contributed by atoms with Crippen molar-refractivity contribution in [2.24, 2.45) is 0 Å². The molecule has 2 aromatic rings. The molecule has 2 aromatic carbocycles. The molecule has 0 aromatic heterocycles. The Labute approximate surface area is 180 Å². The van der Waals surface area contributed by atoms with Gasteiger partial charge in [-0.25, -0.2) is 0 Å². The van der Waals surface area contributed by atoms with E-state index in [4.69, 9.17) is 32.7 Å². The first-order valence-corrected chi connectivity index (χ1v) is 9.58. The zero-order valence-electron chi connectivity index (χ0n) is 16.4. The van der Waals surface area contributed by atoms with Gasteiger partial charge in [-0.3, -0.25) is 9.59 Å². The van der Waals surface area contributed by atoms with Crippen LogP contribution in [-0.2, 0) is 9.59 Å². The Morgan fingerprint density at radius 1 is 1.21 bits per heavy atom. The van der Waals surface area contributed by atoms with Gasteiger partial charge in [0.1, 0.15) is 0 Å². The highest BCUT2D eigenvalue weighted by Gasteiger charge is 2.13. The number of nitrogens with one attached hydrogen (secondary N) is 1. The maximum atomic E-state index is 12.3. The second-order valence-electron chi connectivity index (χ2n) is 6.05. The summed E-state index contributed by atoms with van der Waals surface area (Å²) in [5.41, 5.74) is 1.24. The van der Waals surface area contributed by atoms with Crippen molar-refractivity contribution in [1.82, 2.24) is 4.90 Å². The Hall–Kier alpha value is -2.70. The molecule has 2 rings (SSSR count). The van der Waals surface area contributed by atoms with Crippen molar-refractivity contribution in [3.63, 3.8) is 0 Å². The van der Waals surface area contributed by atoms with Crippen LogP contribution in [0.4, 0.5) is 5.69 Å². The molecule has 0 heterocycles. The van der Waals surface area contributed by atoms with Crippen molar-refractivity contribution in [3.8, 4) is 11.5 Å². The van der Waals surface area contributed by atoms with E-state index in [-0.39, 0.29) is 18.4 Å². The third-order valence-electron chi connectivity index (χ3n) is 3.82. The highest BCUT2D eigenvalue weighted by atomic mass is 35.5. The van der Waals surface area contributed by atoms with Gasteiger partial charge in [-0.1, -0.05) is 29.3 Å². The number of rotatable bonds is 8. The fourth-order valence-electron chi connectivity index (χ4n) is 2.50. The predicted molar refractivity (Wildman–Crippen MR) is 116 cm³/mol. The smallest absolute Gasteiger partial charge is 0.246 e. The van der Waals surface area contributed by atoms with Gasteiger partial charge >= 0.3 is 0 Å². The standard InChI is InChI=1S/C21H22Cl2N2O4/c1-4-29-18-11-14(10-17(23)21(18)28-3)8-9-20(27)25(2)13-19(26)24-16-7-5-6-15(22)12-16/h5-12H,4,13H2,1-3H3,(H,24,26)/b9-8+. The molecule has 0 aliphatic carbocycles. The Kier molecular flexibility index (Phi) is 8.36. The number of methoxy groups -OCH3 is 1. The Morgan fingerprint density at radius 3 is 2.62 bits per heavy atom. The van der Waals surface area contributed by atoms with Crippen LogP contribution in [-0.4, -0.2) is 44.0 Å². The largest absolute Gasteiger partial charge is 0.491 e. The van der Waals surface area contributed by atoms with Gasteiger partial charge in [-0.15, -0.1) is 0 Å². The summed E-state index contributed by atoms with van der Waals surface area (Å²) < 4.78 is 10.8. The number of carbonyl (C=O) groups is 2. The van der Waals surface area contributed by atoms with E-state index in [1.807, 2.05) is 6.92 Å². The van der Waals surface area contributed by atoms with Gasteiger partial charge in [0.15, 0.2) is 11.5 Å². The van der Waals surface area contributed by atoms with E-state index in [1.54, 1.807) is 42.5 Å². The Bertz CT molecular complexity index is 916. The zero-order chi connectivity index (χ0) is 21.4. The molecule has 0 unspecified atom stereocenters. The number of carbonyl (C=O) groups excluding carboxylic acids is 2. The van der Waals surface area contributed by atoms with E-state index < -0.39 is 0 Å². The average molecular weight is 437 g/mol. The first-order valence-electron chi connectivity index (χ1n) is 8.83. The lowest BCUT2D eigenvalue weighted by Gasteiger charge is -2.15. The van der Waals surface area contributed by atoms with E-state index in [0.29, 0.717) is 39.4 Å². The zero-order valence-corrected chi connectivity index (χ0v) is 17.9. The molecule has 8 heteroatoms. The number of likely N-dealkylation sites (N-methyl/N-ethyl adjacent to an activating group) is 1. The molecule has 0 spiro atoms. The lowest BCUT2D eigenvalue weighted by Crippen LogP contribution is -2.33. The molecule has 0 saturated heterocycles. The third kappa shape index (κ3) is 6.69. The number of halogens is 2. The van der Waals surface area contributed by atoms with Crippen LogP contribution < -0.4 is 14.8 Å². The van der Waals surface area contributed by atoms with Crippen LogP contribution in [0.1, 0.15) is 12.5 Å². The summed E-state index contributed by atoms with van der Waals surface area (Å²) in [5.74, 6) is 0.259. The SMILES string of the molecule is CCOc1cc(/C=C/C(=O)N(C)CC(=O)Nc2cccc(Cl)c2)cc(Cl)c1OC. The number of nitrogens with zero attached hydrogens (tertiary/aromatic N) is 1. The Morgan fingerprint density at radius 2 is 1.97 bits per heavy atom. The number of hydrogen-bond acceptors (Lipinski definition) is 4. The second-order valence-corrected chi connectivity index (χ2v) is 6.90. The molecule has 0 aliphatic rings. The number of hydrogen-bond donors (Lipinski definition) is 1. The fraction of sp³-hybridized carbons (Fsp3) is 0.238. The second kappa shape index (κ2) is 10.7. The molecule has 1 N–H and O–H groups in total. The van der Waals surface area contributed by atoms with Crippen molar-refractivity contribution in [2.75, 3.05) is 32.6 Å². The molecule has 154 valence electrons. The minimum atomic E-state index is -0.337. The van der Waals surface area contributed by atoms with E-state index >= 15 is 0 Å².